The number of methoxy groups -OCH3 is 1. The molecule has 1 N–H and O–H groups in total. The zero-order chi connectivity index (χ0) is 21.2. The molecular weight excluding hydrogens is 507 g/mol. The van der Waals surface area contributed by atoms with Crippen LogP contribution in [0.15, 0.2) is 35.7 Å². The topological polar surface area (TPSA) is 76.8 Å². The highest BCUT2D eigenvalue weighted by atomic mass is 127. The molecule has 0 saturated carbocycles. The molecule has 0 radical (unpaired) electrons. The van der Waals surface area contributed by atoms with Crippen LogP contribution < -0.4 is 5.32 Å². The molecule has 2 aromatic heterocycles. The quantitative estimate of drug-likeness (QED) is 0.227. The number of nitrogens with zero attached hydrogens (tertiary/aromatic N) is 5. The van der Waals surface area contributed by atoms with Gasteiger partial charge >= 0.3 is 0 Å². The predicted octanol–water partition coefficient (Wildman–Crippen LogP) is 3.18. The highest BCUT2D eigenvalue weighted by molar-refractivity contribution is 14.0. The molecule has 0 bridgehead atoms. The van der Waals surface area contributed by atoms with Gasteiger partial charge in [-0.25, -0.2) is 15.0 Å². The van der Waals surface area contributed by atoms with Gasteiger partial charge in [-0.1, -0.05) is 6.07 Å². The Bertz CT molecular complexity index is 788. The van der Waals surface area contributed by atoms with Crippen LogP contribution in [-0.4, -0.2) is 71.5 Å². The molecule has 31 heavy (non-hydrogen) atoms. The van der Waals surface area contributed by atoms with Gasteiger partial charge in [0.05, 0.1) is 12.6 Å². The fourth-order valence-corrected chi connectivity index (χ4v) is 3.55. The number of hydrogen-bond donors (Lipinski definition) is 1. The molecule has 1 fully saturated rings. The molecule has 3 heterocycles. The number of halogens is 1. The number of ether oxygens (including phenoxy) is 2. The summed E-state index contributed by atoms with van der Waals surface area (Å²) < 4.78 is 13.0. The van der Waals surface area contributed by atoms with E-state index in [4.69, 9.17) is 14.5 Å². The number of hydrogen-bond acceptors (Lipinski definition) is 5. The van der Waals surface area contributed by atoms with Crippen molar-refractivity contribution in [1.82, 2.24) is 24.8 Å². The number of imidazole rings is 1. The van der Waals surface area contributed by atoms with Crippen molar-refractivity contribution in [2.24, 2.45) is 4.99 Å². The molecule has 2 aromatic rings. The van der Waals surface area contributed by atoms with Crippen LogP contribution in [-0.2, 0) is 16.0 Å². The lowest BCUT2D eigenvalue weighted by Gasteiger charge is -2.34. The average Bonchev–Trinajstić information content (AvgIpc) is 3.21. The lowest BCUT2D eigenvalue weighted by molar-refractivity contribution is 0.00990. The number of piperidine rings is 1. The van der Waals surface area contributed by atoms with E-state index >= 15 is 0 Å². The van der Waals surface area contributed by atoms with Crippen molar-refractivity contribution in [3.8, 4) is 5.82 Å². The van der Waals surface area contributed by atoms with Gasteiger partial charge in [0.2, 0.25) is 0 Å². The summed E-state index contributed by atoms with van der Waals surface area (Å²) in [5.74, 6) is 2.76. The Morgan fingerprint density at radius 3 is 2.65 bits per heavy atom. The fraction of sp³-hybridized carbons (Fsp3) is 0.591. The third-order valence-electron chi connectivity index (χ3n) is 5.22. The summed E-state index contributed by atoms with van der Waals surface area (Å²) in [6.07, 6.45) is 8.94. The first-order chi connectivity index (χ1) is 14.7. The molecule has 172 valence electrons. The Balaban J connectivity index is 0.00000341. The van der Waals surface area contributed by atoms with Crippen LogP contribution in [0, 0.1) is 6.92 Å². The van der Waals surface area contributed by atoms with Gasteiger partial charge < -0.3 is 19.7 Å². The molecule has 0 aliphatic carbocycles. The van der Waals surface area contributed by atoms with E-state index in [2.05, 4.69) is 33.2 Å². The van der Waals surface area contributed by atoms with E-state index in [1.54, 1.807) is 13.3 Å². The van der Waals surface area contributed by atoms with Gasteiger partial charge in [0.25, 0.3) is 0 Å². The zero-order valence-corrected chi connectivity index (χ0v) is 21.1. The van der Waals surface area contributed by atoms with E-state index in [-0.39, 0.29) is 24.0 Å². The lowest BCUT2D eigenvalue weighted by atomic mass is 10.1. The van der Waals surface area contributed by atoms with Gasteiger partial charge in [-0.05, 0) is 44.7 Å². The third kappa shape index (κ3) is 7.73. The van der Waals surface area contributed by atoms with Crippen LogP contribution in [0.1, 0.15) is 37.6 Å². The molecule has 1 saturated heterocycles. The molecule has 9 heteroatoms. The number of aliphatic imine (C=N–C) groups is 1. The largest absolute Gasteiger partial charge is 0.385 e. The van der Waals surface area contributed by atoms with E-state index in [1.165, 1.54) is 0 Å². The summed E-state index contributed by atoms with van der Waals surface area (Å²) in [7, 11) is 1.73. The number of aromatic nitrogens is 3. The maximum atomic E-state index is 5.97. The molecule has 0 spiro atoms. The average molecular weight is 542 g/mol. The van der Waals surface area contributed by atoms with Gasteiger partial charge in [0.1, 0.15) is 11.6 Å². The number of nitrogens with one attached hydrogen (secondary N) is 1. The van der Waals surface area contributed by atoms with Crippen LogP contribution in [0.3, 0.4) is 0 Å². The molecule has 8 nitrogen and oxygen atoms in total. The minimum absolute atomic E-state index is 0. The standard InChI is InChI=1S/C22H34N6O2.HI/c1-4-23-22(27-11-8-20(9-12-27)30-15-5-14-29-3)26-17-19-6-7-21(25-16-19)28-13-10-24-18(28)2;/h6-7,10,13,16,20H,4-5,8-9,11-12,14-15,17H2,1-3H3,(H,23,26);1H. The Morgan fingerprint density at radius 2 is 2.03 bits per heavy atom. The Hall–Kier alpha value is -1.72. The van der Waals surface area contributed by atoms with Gasteiger partial charge in [-0.15, -0.1) is 24.0 Å². The number of likely N-dealkylation sites (tertiary alicyclic amines) is 1. The molecule has 0 atom stereocenters. The van der Waals surface area contributed by atoms with Crippen molar-refractivity contribution in [2.45, 2.75) is 45.8 Å². The molecule has 0 amide bonds. The van der Waals surface area contributed by atoms with E-state index in [9.17, 15) is 0 Å². The first kappa shape index (κ1) is 25.5. The third-order valence-corrected chi connectivity index (χ3v) is 5.22. The summed E-state index contributed by atoms with van der Waals surface area (Å²) in [6.45, 7) is 8.97. The Labute approximate surface area is 202 Å². The SMILES string of the molecule is CCNC(=NCc1ccc(-n2ccnc2C)nc1)N1CCC(OCCCOC)CC1.I. The molecular formula is C22H35IN6O2. The first-order valence-electron chi connectivity index (χ1n) is 10.8. The van der Waals surface area contributed by atoms with Crippen molar-refractivity contribution in [3.05, 3.63) is 42.1 Å². The van der Waals surface area contributed by atoms with Crippen molar-refractivity contribution in [1.29, 1.82) is 0 Å². The normalized spacial score (nSPS) is 15.1. The molecule has 0 aromatic carbocycles. The number of guanidine groups is 1. The summed E-state index contributed by atoms with van der Waals surface area (Å²) in [5.41, 5.74) is 1.09. The van der Waals surface area contributed by atoms with Crippen LogP contribution >= 0.6 is 24.0 Å². The lowest BCUT2D eigenvalue weighted by Crippen LogP contribution is -2.47. The van der Waals surface area contributed by atoms with Crippen LogP contribution in [0.2, 0.25) is 0 Å². The van der Waals surface area contributed by atoms with E-state index in [0.29, 0.717) is 12.6 Å². The zero-order valence-electron chi connectivity index (χ0n) is 18.8. The smallest absolute Gasteiger partial charge is 0.194 e. The highest BCUT2D eigenvalue weighted by Crippen LogP contribution is 2.15. The minimum Gasteiger partial charge on any atom is -0.385 e. The summed E-state index contributed by atoms with van der Waals surface area (Å²) in [6, 6.07) is 4.09. The second kappa shape index (κ2) is 13.6. The van der Waals surface area contributed by atoms with Crippen molar-refractivity contribution < 1.29 is 9.47 Å². The predicted molar refractivity (Wildman–Crippen MR) is 133 cm³/mol. The van der Waals surface area contributed by atoms with Crippen LogP contribution in [0.4, 0.5) is 0 Å². The monoisotopic (exact) mass is 542 g/mol. The Morgan fingerprint density at radius 1 is 1.23 bits per heavy atom. The fourth-order valence-electron chi connectivity index (χ4n) is 3.55. The number of pyridine rings is 1. The minimum atomic E-state index is 0. The van der Waals surface area contributed by atoms with Crippen molar-refractivity contribution >= 4 is 29.9 Å². The molecule has 1 aliphatic rings. The van der Waals surface area contributed by atoms with Crippen LogP contribution in [0.25, 0.3) is 5.82 Å². The summed E-state index contributed by atoms with van der Waals surface area (Å²) in [5, 5.41) is 3.42. The van der Waals surface area contributed by atoms with E-state index in [1.807, 2.05) is 30.0 Å². The number of rotatable bonds is 9. The molecule has 0 unspecified atom stereocenters. The summed E-state index contributed by atoms with van der Waals surface area (Å²) in [4.78, 5) is 16.0. The summed E-state index contributed by atoms with van der Waals surface area (Å²) >= 11 is 0. The first-order valence-corrected chi connectivity index (χ1v) is 10.8. The maximum absolute atomic E-state index is 5.97. The van der Waals surface area contributed by atoms with Crippen LogP contribution in [0.5, 0.6) is 0 Å². The number of aryl methyl sites for hydroxylation is 1. The second-order valence-electron chi connectivity index (χ2n) is 7.44. The molecule has 3 rings (SSSR count). The van der Waals surface area contributed by atoms with Crippen molar-refractivity contribution in [2.75, 3.05) is 40.0 Å². The van der Waals surface area contributed by atoms with Gasteiger partial charge in [0.15, 0.2) is 5.96 Å². The Kier molecular flexibility index (Phi) is 11.2. The van der Waals surface area contributed by atoms with E-state index < -0.39 is 0 Å². The maximum Gasteiger partial charge on any atom is 0.194 e. The van der Waals surface area contributed by atoms with Gasteiger partial charge in [-0.2, -0.15) is 0 Å². The highest BCUT2D eigenvalue weighted by Gasteiger charge is 2.21. The van der Waals surface area contributed by atoms with Crippen molar-refractivity contribution in [3.63, 3.8) is 0 Å². The van der Waals surface area contributed by atoms with Gasteiger partial charge in [-0.3, -0.25) is 4.57 Å². The molecule has 1 aliphatic heterocycles. The van der Waals surface area contributed by atoms with E-state index in [0.717, 1.165) is 75.3 Å². The van der Waals surface area contributed by atoms with Gasteiger partial charge in [0, 0.05) is 58.5 Å². The second-order valence-corrected chi connectivity index (χ2v) is 7.44.